The van der Waals surface area contributed by atoms with Gasteiger partial charge in [0.15, 0.2) is 0 Å². The van der Waals surface area contributed by atoms with Gasteiger partial charge in [0.1, 0.15) is 0 Å². The number of hydrogen-bond acceptors (Lipinski definition) is 2. The Labute approximate surface area is 113 Å². The highest BCUT2D eigenvalue weighted by molar-refractivity contribution is 5.00. The Morgan fingerprint density at radius 3 is 2.11 bits per heavy atom. The van der Waals surface area contributed by atoms with Crippen LogP contribution in [0.3, 0.4) is 0 Å². The number of hydrogen-bond donors (Lipinski definition) is 0. The number of rotatable bonds is 1. The molecule has 2 rings (SSSR count). The molecule has 3 heteroatoms. The molecule has 1 fully saturated rings. The van der Waals surface area contributed by atoms with Gasteiger partial charge in [0.2, 0.25) is 0 Å². The fraction of sp³-hybridized carbons (Fsp3) is 0.800. The highest BCUT2D eigenvalue weighted by Crippen LogP contribution is 2.20. The number of likely N-dealkylation sites (tertiary alicyclic amines) is 1. The lowest BCUT2D eigenvalue weighted by atomic mass is 10.1. The Morgan fingerprint density at radius 2 is 1.72 bits per heavy atom. The Bertz CT molecular complexity index is 286. The highest BCUT2D eigenvalue weighted by Gasteiger charge is 2.18. The van der Waals surface area contributed by atoms with Crippen molar-refractivity contribution in [2.45, 2.75) is 59.9 Å². The summed E-state index contributed by atoms with van der Waals surface area (Å²) in [6, 6.07) is 0.630. The van der Waals surface area contributed by atoms with Crippen LogP contribution in [0.25, 0.3) is 0 Å². The van der Waals surface area contributed by atoms with E-state index in [1.807, 2.05) is 20.0 Å². The first-order valence-electron chi connectivity index (χ1n) is 7.36. The van der Waals surface area contributed by atoms with Gasteiger partial charge in [-0.1, -0.05) is 34.1 Å². The second-order valence-electron chi connectivity index (χ2n) is 4.74. The fourth-order valence-corrected chi connectivity index (χ4v) is 1.89. The van der Waals surface area contributed by atoms with Crippen LogP contribution in [0.4, 0.5) is 0 Å². The normalized spacial score (nSPS) is 16.3. The van der Waals surface area contributed by atoms with Gasteiger partial charge in [-0.15, -0.1) is 0 Å². The lowest BCUT2D eigenvalue weighted by Gasteiger charge is -2.28. The summed E-state index contributed by atoms with van der Waals surface area (Å²) in [7, 11) is 2.19. The van der Waals surface area contributed by atoms with E-state index in [9.17, 15) is 0 Å². The van der Waals surface area contributed by atoms with Crippen LogP contribution >= 0.6 is 0 Å². The van der Waals surface area contributed by atoms with Crippen molar-refractivity contribution >= 4 is 0 Å². The van der Waals surface area contributed by atoms with E-state index in [-0.39, 0.29) is 0 Å². The molecule has 0 aromatic carbocycles. The third kappa shape index (κ3) is 6.20. The van der Waals surface area contributed by atoms with Crippen molar-refractivity contribution < 1.29 is 0 Å². The van der Waals surface area contributed by atoms with Crippen LogP contribution in [0.2, 0.25) is 0 Å². The summed E-state index contributed by atoms with van der Waals surface area (Å²) >= 11 is 0. The zero-order valence-electron chi connectivity index (χ0n) is 13.1. The fourth-order valence-electron chi connectivity index (χ4n) is 1.89. The van der Waals surface area contributed by atoms with Crippen LogP contribution in [-0.2, 0) is 0 Å². The topological polar surface area (TPSA) is 21.1 Å². The molecule has 0 bridgehead atoms. The van der Waals surface area contributed by atoms with Crippen LogP contribution in [-0.4, -0.2) is 34.8 Å². The first-order valence-corrected chi connectivity index (χ1v) is 7.36. The smallest absolute Gasteiger partial charge is 0.0543 e. The summed E-state index contributed by atoms with van der Waals surface area (Å²) < 4.78 is 2.13. The number of piperidine rings is 1. The molecule has 2 heterocycles. The molecule has 0 radical (unpaired) electrons. The van der Waals surface area contributed by atoms with Crippen LogP contribution < -0.4 is 0 Å². The maximum absolute atomic E-state index is 4.36. The van der Waals surface area contributed by atoms with Crippen molar-refractivity contribution in [2.24, 2.45) is 0 Å². The Kier molecular flexibility index (Phi) is 9.66. The maximum atomic E-state index is 4.36. The lowest BCUT2D eigenvalue weighted by molar-refractivity contribution is 0.212. The molecule has 1 aliphatic heterocycles. The Hall–Kier alpha value is -0.830. The summed E-state index contributed by atoms with van der Waals surface area (Å²) in [5.41, 5.74) is 1.26. The summed E-state index contributed by atoms with van der Waals surface area (Å²) in [6.45, 7) is 12.7. The van der Waals surface area contributed by atoms with Crippen molar-refractivity contribution in [1.82, 2.24) is 14.7 Å². The van der Waals surface area contributed by atoms with Gasteiger partial charge in [-0.05, 0) is 45.5 Å². The molecular weight excluding hydrogens is 222 g/mol. The molecule has 3 nitrogen and oxygen atoms in total. The van der Waals surface area contributed by atoms with E-state index in [1.165, 1.54) is 37.9 Å². The number of aromatic nitrogens is 2. The predicted molar refractivity (Wildman–Crippen MR) is 80.0 cm³/mol. The average molecular weight is 253 g/mol. The summed E-state index contributed by atoms with van der Waals surface area (Å²) in [6.07, 6.45) is 7.81. The van der Waals surface area contributed by atoms with Crippen molar-refractivity contribution in [3.63, 3.8) is 0 Å². The summed E-state index contributed by atoms with van der Waals surface area (Å²) in [4.78, 5) is 2.38. The average Bonchev–Trinajstić information content (AvgIpc) is 2.80. The van der Waals surface area contributed by atoms with Gasteiger partial charge in [0.05, 0.1) is 12.2 Å². The van der Waals surface area contributed by atoms with E-state index in [2.05, 4.69) is 48.7 Å². The molecule has 106 valence electrons. The van der Waals surface area contributed by atoms with Gasteiger partial charge in [-0.2, -0.15) is 5.10 Å². The quantitative estimate of drug-likeness (QED) is 0.757. The molecule has 0 aliphatic carbocycles. The molecule has 1 saturated heterocycles. The van der Waals surface area contributed by atoms with Gasteiger partial charge in [0.25, 0.3) is 0 Å². The van der Waals surface area contributed by atoms with Gasteiger partial charge >= 0.3 is 0 Å². The van der Waals surface area contributed by atoms with Gasteiger partial charge in [-0.3, -0.25) is 4.68 Å². The molecule has 1 aromatic heterocycles. The molecule has 1 aromatic rings. The SMILES string of the molecule is CC.CCC.Cc1cnn(C2CCN(C)CC2)c1. The van der Waals surface area contributed by atoms with Crippen LogP contribution in [0.5, 0.6) is 0 Å². The van der Waals surface area contributed by atoms with Crippen molar-refractivity contribution in [1.29, 1.82) is 0 Å². The van der Waals surface area contributed by atoms with Gasteiger partial charge in [-0.25, -0.2) is 0 Å². The molecule has 18 heavy (non-hydrogen) atoms. The molecule has 0 spiro atoms. The molecular formula is C15H31N3. The first-order chi connectivity index (χ1) is 8.67. The first kappa shape index (κ1) is 17.2. The van der Waals surface area contributed by atoms with E-state index >= 15 is 0 Å². The summed E-state index contributed by atoms with van der Waals surface area (Å²) in [5.74, 6) is 0. The molecule has 1 aliphatic rings. The Morgan fingerprint density at radius 1 is 1.22 bits per heavy atom. The number of nitrogens with zero attached hydrogens (tertiary/aromatic N) is 3. The Balaban J connectivity index is 0.000000509. The lowest BCUT2D eigenvalue weighted by Crippen LogP contribution is -2.31. The minimum atomic E-state index is 0.630. The zero-order chi connectivity index (χ0) is 14.0. The molecule has 0 atom stereocenters. The third-order valence-corrected chi connectivity index (χ3v) is 2.79. The van der Waals surface area contributed by atoms with E-state index < -0.39 is 0 Å². The minimum absolute atomic E-state index is 0.630. The van der Waals surface area contributed by atoms with Crippen molar-refractivity contribution in [3.8, 4) is 0 Å². The van der Waals surface area contributed by atoms with Crippen molar-refractivity contribution in [3.05, 3.63) is 18.0 Å². The highest BCUT2D eigenvalue weighted by atomic mass is 15.3. The van der Waals surface area contributed by atoms with Crippen molar-refractivity contribution in [2.75, 3.05) is 20.1 Å². The predicted octanol–water partition coefficient (Wildman–Crippen LogP) is 3.90. The van der Waals surface area contributed by atoms with Gasteiger partial charge < -0.3 is 4.90 Å². The van der Waals surface area contributed by atoms with E-state index in [0.29, 0.717) is 6.04 Å². The third-order valence-electron chi connectivity index (χ3n) is 2.79. The van der Waals surface area contributed by atoms with Crippen LogP contribution in [0, 0.1) is 6.92 Å². The van der Waals surface area contributed by atoms with Crippen LogP contribution in [0.15, 0.2) is 12.4 Å². The second kappa shape index (κ2) is 10.1. The molecule has 0 N–H and O–H groups in total. The molecule has 0 amide bonds. The number of aryl methyl sites for hydroxylation is 1. The standard InChI is InChI=1S/C10H17N3.C3H8.C2H6/c1-9-7-11-13(8-9)10-3-5-12(2)6-4-10;1-3-2;1-2/h7-8,10H,3-6H2,1-2H3;3H2,1-2H3;1-2H3. The monoisotopic (exact) mass is 253 g/mol. The van der Waals surface area contributed by atoms with Crippen LogP contribution in [0.1, 0.15) is 58.6 Å². The largest absolute Gasteiger partial charge is 0.306 e. The zero-order valence-corrected chi connectivity index (χ0v) is 13.1. The van der Waals surface area contributed by atoms with E-state index in [1.54, 1.807) is 0 Å². The second-order valence-corrected chi connectivity index (χ2v) is 4.74. The van der Waals surface area contributed by atoms with E-state index in [0.717, 1.165) is 0 Å². The molecule has 0 saturated carbocycles. The molecule has 0 unspecified atom stereocenters. The summed E-state index contributed by atoms with van der Waals surface area (Å²) in [5, 5.41) is 4.36. The maximum Gasteiger partial charge on any atom is 0.0543 e. The van der Waals surface area contributed by atoms with E-state index in [4.69, 9.17) is 0 Å². The van der Waals surface area contributed by atoms with Gasteiger partial charge in [0, 0.05) is 6.20 Å². The minimum Gasteiger partial charge on any atom is -0.306 e.